The van der Waals surface area contributed by atoms with Gasteiger partial charge in [0.1, 0.15) is 0 Å². The molecule has 120 valence electrons. The van der Waals surface area contributed by atoms with Crippen molar-refractivity contribution in [1.29, 1.82) is 0 Å². The van der Waals surface area contributed by atoms with E-state index in [1.54, 1.807) is 12.1 Å². The van der Waals surface area contributed by atoms with Gasteiger partial charge in [-0.2, -0.15) is 0 Å². The van der Waals surface area contributed by atoms with Crippen LogP contribution in [-0.4, -0.2) is 18.5 Å². The summed E-state index contributed by atoms with van der Waals surface area (Å²) in [6.07, 6.45) is 0.894. The summed E-state index contributed by atoms with van der Waals surface area (Å²) < 4.78 is 5.08. The molecular formula is C19H21NO3. The first-order valence-corrected chi connectivity index (χ1v) is 7.62. The zero-order valence-electron chi connectivity index (χ0n) is 13.7. The van der Waals surface area contributed by atoms with Crippen LogP contribution in [0.3, 0.4) is 0 Å². The Morgan fingerprint density at radius 3 is 2.39 bits per heavy atom. The fourth-order valence-electron chi connectivity index (χ4n) is 2.37. The number of benzene rings is 2. The second-order valence-corrected chi connectivity index (χ2v) is 5.55. The molecule has 2 aromatic rings. The molecule has 0 fully saturated rings. The van der Waals surface area contributed by atoms with Gasteiger partial charge in [0.2, 0.25) is 0 Å². The molecule has 0 unspecified atom stereocenters. The number of carbonyl (C=O) groups excluding carboxylic acids is 2. The summed E-state index contributed by atoms with van der Waals surface area (Å²) in [7, 11) is 0. The molecule has 2 aromatic carbocycles. The molecule has 0 saturated carbocycles. The minimum absolute atomic E-state index is 0.303. The van der Waals surface area contributed by atoms with Crippen LogP contribution in [0, 0.1) is 13.8 Å². The maximum atomic E-state index is 12.0. The lowest BCUT2D eigenvalue weighted by Gasteiger charge is -2.08. The molecule has 0 atom stereocenters. The van der Waals surface area contributed by atoms with Gasteiger partial charge in [-0.1, -0.05) is 36.2 Å². The molecule has 1 amide bonds. The standard InChI is InChI=1S/C19H21NO3/c1-4-15-6-5-7-17(11-15)20-18(21)12-23-19(22)16-9-13(2)8-14(3)10-16/h5-11H,4,12H2,1-3H3,(H,20,21). The summed E-state index contributed by atoms with van der Waals surface area (Å²) in [5.74, 6) is -0.842. The highest BCUT2D eigenvalue weighted by Gasteiger charge is 2.11. The van der Waals surface area contributed by atoms with Gasteiger partial charge in [-0.15, -0.1) is 0 Å². The molecule has 2 rings (SSSR count). The summed E-state index contributed by atoms with van der Waals surface area (Å²) in [5.41, 5.74) is 4.27. The Morgan fingerprint density at radius 2 is 1.74 bits per heavy atom. The second kappa shape index (κ2) is 7.58. The molecule has 4 heteroatoms. The number of anilines is 1. The van der Waals surface area contributed by atoms with Crippen molar-refractivity contribution in [2.24, 2.45) is 0 Å². The van der Waals surface area contributed by atoms with Crippen molar-refractivity contribution in [2.45, 2.75) is 27.2 Å². The zero-order valence-corrected chi connectivity index (χ0v) is 13.7. The van der Waals surface area contributed by atoms with Crippen molar-refractivity contribution >= 4 is 17.6 Å². The van der Waals surface area contributed by atoms with E-state index in [9.17, 15) is 9.59 Å². The average Bonchev–Trinajstić information content (AvgIpc) is 2.51. The van der Waals surface area contributed by atoms with Crippen molar-refractivity contribution < 1.29 is 14.3 Å². The highest BCUT2D eigenvalue weighted by Crippen LogP contribution is 2.12. The quantitative estimate of drug-likeness (QED) is 0.857. The Labute approximate surface area is 136 Å². The van der Waals surface area contributed by atoms with Gasteiger partial charge in [-0.05, 0) is 50.1 Å². The minimum atomic E-state index is -0.491. The number of nitrogens with one attached hydrogen (secondary N) is 1. The van der Waals surface area contributed by atoms with E-state index in [1.807, 2.05) is 51.1 Å². The Balaban J connectivity index is 1.92. The highest BCUT2D eigenvalue weighted by atomic mass is 16.5. The van der Waals surface area contributed by atoms with Crippen LogP contribution in [-0.2, 0) is 16.0 Å². The summed E-state index contributed by atoms with van der Waals surface area (Å²) in [4.78, 5) is 23.9. The summed E-state index contributed by atoms with van der Waals surface area (Å²) in [6, 6.07) is 13.1. The van der Waals surface area contributed by atoms with Crippen LogP contribution in [0.5, 0.6) is 0 Å². The summed E-state index contributed by atoms with van der Waals surface area (Å²) >= 11 is 0. The summed E-state index contributed by atoms with van der Waals surface area (Å²) in [5, 5.41) is 2.73. The number of amides is 1. The predicted molar refractivity (Wildman–Crippen MR) is 90.6 cm³/mol. The SMILES string of the molecule is CCc1cccc(NC(=O)COC(=O)c2cc(C)cc(C)c2)c1. The van der Waals surface area contributed by atoms with Gasteiger partial charge in [-0.3, -0.25) is 4.79 Å². The van der Waals surface area contributed by atoms with Crippen LogP contribution >= 0.6 is 0 Å². The number of hydrogen-bond acceptors (Lipinski definition) is 3. The zero-order chi connectivity index (χ0) is 16.8. The van der Waals surface area contributed by atoms with Gasteiger partial charge >= 0.3 is 5.97 Å². The topological polar surface area (TPSA) is 55.4 Å². The molecule has 0 aliphatic carbocycles. The highest BCUT2D eigenvalue weighted by molar-refractivity contribution is 5.95. The number of aryl methyl sites for hydroxylation is 3. The monoisotopic (exact) mass is 311 g/mol. The van der Waals surface area contributed by atoms with E-state index < -0.39 is 5.97 Å². The van der Waals surface area contributed by atoms with Crippen LogP contribution in [0.4, 0.5) is 5.69 Å². The van der Waals surface area contributed by atoms with Crippen LogP contribution < -0.4 is 5.32 Å². The van der Waals surface area contributed by atoms with Crippen LogP contribution in [0.15, 0.2) is 42.5 Å². The van der Waals surface area contributed by atoms with E-state index in [0.717, 1.165) is 23.1 Å². The van der Waals surface area contributed by atoms with E-state index in [0.29, 0.717) is 11.3 Å². The lowest BCUT2D eigenvalue weighted by Crippen LogP contribution is -2.21. The molecule has 0 radical (unpaired) electrons. The first kappa shape index (κ1) is 16.7. The van der Waals surface area contributed by atoms with E-state index in [2.05, 4.69) is 5.32 Å². The van der Waals surface area contributed by atoms with Gasteiger partial charge in [-0.25, -0.2) is 4.79 Å². The van der Waals surface area contributed by atoms with E-state index in [4.69, 9.17) is 4.74 Å². The summed E-state index contributed by atoms with van der Waals surface area (Å²) in [6.45, 7) is 5.57. The van der Waals surface area contributed by atoms with Gasteiger partial charge in [0.15, 0.2) is 6.61 Å². The van der Waals surface area contributed by atoms with Gasteiger partial charge in [0.05, 0.1) is 5.56 Å². The van der Waals surface area contributed by atoms with Gasteiger partial charge in [0, 0.05) is 5.69 Å². The number of ether oxygens (including phenoxy) is 1. The third kappa shape index (κ3) is 4.95. The smallest absolute Gasteiger partial charge is 0.338 e. The number of esters is 1. The normalized spacial score (nSPS) is 10.2. The Morgan fingerprint density at radius 1 is 1.04 bits per heavy atom. The molecular weight excluding hydrogens is 290 g/mol. The number of hydrogen-bond donors (Lipinski definition) is 1. The van der Waals surface area contributed by atoms with Crippen molar-refractivity contribution in [1.82, 2.24) is 0 Å². The molecule has 1 N–H and O–H groups in total. The lowest BCUT2D eigenvalue weighted by atomic mass is 10.1. The molecule has 0 spiro atoms. The number of carbonyl (C=O) groups is 2. The largest absolute Gasteiger partial charge is 0.452 e. The first-order chi connectivity index (χ1) is 11.0. The molecule has 0 aromatic heterocycles. The Bertz CT molecular complexity index is 702. The predicted octanol–water partition coefficient (Wildman–Crippen LogP) is 3.66. The minimum Gasteiger partial charge on any atom is -0.452 e. The second-order valence-electron chi connectivity index (χ2n) is 5.55. The Hall–Kier alpha value is -2.62. The molecule has 0 saturated heterocycles. The van der Waals surface area contributed by atoms with Crippen LogP contribution in [0.2, 0.25) is 0 Å². The Kier molecular flexibility index (Phi) is 5.52. The molecule has 0 heterocycles. The van der Waals surface area contributed by atoms with E-state index in [-0.39, 0.29) is 12.5 Å². The van der Waals surface area contributed by atoms with Crippen LogP contribution in [0.25, 0.3) is 0 Å². The third-order valence-corrected chi connectivity index (χ3v) is 3.41. The molecule has 0 aliphatic heterocycles. The van der Waals surface area contributed by atoms with E-state index >= 15 is 0 Å². The van der Waals surface area contributed by atoms with Gasteiger partial charge in [0.25, 0.3) is 5.91 Å². The number of rotatable bonds is 5. The molecule has 0 bridgehead atoms. The van der Waals surface area contributed by atoms with Gasteiger partial charge < -0.3 is 10.1 Å². The van der Waals surface area contributed by atoms with Crippen molar-refractivity contribution in [3.8, 4) is 0 Å². The maximum absolute atomic E-state index is 12.0. The fraction of sp³-hybridized carbons (Fsp3) is 0.263. The molecule has 23 heavy (non-hydrogen) atoms. The molecule has 4 nitrogen and oxygen atoms in total. The van der Waals surface area contributed by atoms with Crippen molar-refractivity contribution in [2.75, 3.05) is 11.9 Å². The van der Waals surface area contributed by atoms with Crippen LogP contribution in [0.1, 0.15) is 34.0 Å². The van der Waals surface area contributed by atoms with Crippen molar-refractivity contribution in [3.63, 3.8) is 0 Å². The maximum Gasteiger partial charge on any atom is 0.338 e. The molecule has 0 aliphatic rings. The van der Waals surface area contributed by atoms with Crippen molar-refractivity contribution in [3.05, 3.63) is 64.7 Å². The van der Waals surface area contributed by atoms with E-state index in [1.165, 1.54) is 0 Å². The first-order valence-electron chi connectivity index (χ1n) is 7.62. The average molecular weight is 311 g/mol. The lowest BCUT2D eigenvalue weighted by molar-refractivity contribution is -0.119. The fourth-order valence-corrected chi connectivity index (χ4v) is 2.37. The third-order valence-electron chi connectivity index (χ3n) is 3.41.